The molecule has 2 aromatic rings. The zero-order chi connectivity index (χ0) is 17.0. The van der Waals surface area contributed by atoms with E-state index in [1.807, 2.05) is 37.3 Å². The Bertz CT molecular complexity index is 802. The summed E-state index contributed by atoms with van der Waals surface area (Å²) in [6, 6.07) is 17.2. The van der Waals surface area contributed by atoms with Crippen LogP contribution >= 0.6 is 0 Å². The zero-order valence-corrected chi connectivity index (χ0v) is 14.7. The Morgan fingerprint density at radius 3 is 2.21 bits per heavy atom. The molecule has 0 amide bonds. The molecule has 0 aliphatic carbocycles. The van der Waals surface area contributed by atoms with Gasteiger partial charge >= 0.3 is 0 Å². The minimum atomic E-state index is -3.34. The average Bonchev–Trinajstić information content (AvgIpc) is 2.62. The highest BCUT2D eigenvalue weighted by Gasteiger charge is 2.17. The van der Waals surface area contributed by atoms with Crippen LogP contribution in [0.15, 0.2) is 64.5 Å². The number of aliphatic imine (C=N–C) groups is 1. The van der Waals surface area contributed by atoms with E-state index in [0.717, 1.165) is 37.2 Å². The smallest absolute Gasteiger partial charge is 0.198 e. The van der Waals surface area contributed by atoms with E-state index in [4.69, 9.17) is 0 Å². The first-order chi connectivity index (χ1) is 11.5. The summed E-state index contributed by atoms with van der Waals surface area (Å²) >= 11 is 0. The van der Waals surface area contributed by atoms with Crippen molar-refractivity contribution in [1.82, 2.24) is 0 Å². The maximum absolute atomic E-state index is 12.4. The number of hydrogen-bond acceptors (Lipinski definition) is 4. The first kappa shape index (κ1) is 16.7. The van der Waals surface area contributed by atoms with Crippen molar-refractivity contribution < 1.29 is 8.42 Å². The van der Waals surface area contributed by atoms with Crippen molar-refractivity contribution in [2.45, 2.75) is 24.7 Å². The summed E-state index contributed by atoms with van der Waals surface area (Å²) in [5, 5.41) is 0. The highest BCUT2D eigenvalue weighted by atomic mass is 32.2. The van der Waals surface area contributed by atoms with E-state index >= 15 is 0 Å². The van der Waals surface area contributed by atoms with Crippen LogP contribution in [0.1, 0.15) is 18.4 Å². The number of benzene rings is 2. The van der Waals surface area contributed by atoms with Gasteiger partial charge in [0.05, 0.1) is 4.90 Å². The third-order valence-corrected chi connectivity index (χ3v) is 5.76. The molecule has 1 fully saturated rings. The second-order valence-corrected chi connectivity index (χ2v) is 8.06. The van der Waals surface area contributed by atoms with Gasteiger partial charge in [-0.3, -0.25) is 4.99 Å². The maximum Gasteiger partial charge on any atom is 0.198 e. The van der Waals surface area contributed by atoms with Crippen LogP contribution < -0.4 is 4.90 Å². The van der Waals surface area contributed by atoms with E-state index in [0.29, 0.717) is 4.90 Å². The van der Waals surface area contributed by atoms with E-state index < -0.39 is 9.84 Å². The van der Waals surface area contributed by atoms with Crippen LogP contribution in [0.5, 0.6) is 0 Å². The number of anilines is 1. The van der Waals surface area contributed by atoms with Crippen LogP contribution in [-0.4, -0.2) is 33.1 Å². The largest absolute Gasteiger partial charge is 0.371 e. The lowest BCUT2D eigenvalue weighted by Crippen LogP contribution is -2.34. The molecule has 5 heteroatoms. The summed E-state index contributed by atoms with van der Waals surface area (Å²) in [5.74, 6) is -0.156. The SMILES string of the molecule is Cc1ccc(S(=O)(=O)CN=C2CCN(c3ccccc3)CC2)cc1. The van der Waals surface area contributed by atoms with Gasteiger partial charge in [-0.15, -0.1) is 0 Å². The van der Waals surface area contributed by atoms with Crippen LogP contribution in [0.25, 0.3) is 0 Å². The van der Waals surface area contributed by atoms with Gasteiger partial charge in [-0.25, -0.2) is 8.42 Å². The highest BCUT2D eigenvalue weighted by molar-refractivity contribution is 7.91. The molecule has 126 valence electrons. The standard InChI is InChI=1S/C19H22N2O2S/c1-16-7-9-19(10-8-16)24(22,23)15-20-17-11-13-21(14-12-17)18-5-3-2-4-6-18/h2-10H,11-15H2,1H3. The highest BCUT2D eigenvalue weighted by Crippen LogP contribution is 2.19. The number of nitrogens with zero attached hydrogens (tertiary/aromatic N) is 2. The summed E-state index contributed by atoms with van der Waals surface area (Å²) in [7, 11) is -3.34. The Labute approximate surface area is 143 Å². The molecule has 0 spiro atoms. The van der Waals surface area contributed by atoms with E-state index in [9.17, 15) is 8.42 Å². The predicted octanol–water partition coefficient (Wildman–Crippen LogP) is 3.47. The number of piperidine rings is 1. The molecule has 1 aliphatic rings. The van der Waals surface area contributed by atoms with Crippen molar-refractivity contribution >= 4 is 21.2 Å². The van der Waals surface area contributed by atoms with Gasteiger partial charge in [0.1, 0.15) is 5.88 Å². The molecule has 4 nitrogen and oxygen atoms in total. The van der Waals surface area contributed by atoms with Gasteiger partial charge in [0, 0.05) is 37.3 Å². The Morgan fingerprint density at radius 1 is 0.958 bits per heavy atom. The fraction of sp³-hybridized carbons (Fsp3) is 0.316. The lowest BCUT2D eigenvalue weighted by molar-refractivity contribution is 0.596. The lowest BCUT2D eigenvalue weighted by atomic mass is 10.1. The Morgan fingerprint density at radius 2 is 1.58 bits per heavy atom. The minimum Gasteiger partial charge on any atom is -0.371 e. The molecular formula is C19H22N2O2S. The van der Waals surface area contributed by atoms with Crippen LogP contribution in [0, 0.1) is 6.92 Å². The first-order valence-corrected chi connectivity index (χ1v) is 9.81. The third-order valence-electron chi connectivity index (χ3n) is 4.30. The van der Waals surface area contributed by atoms with E-state index in [2.05, 4.69) is 22.0 Å². The van der Waals surface area contributed by atoms with Gasteiger partial charge in [-0.2, -0.15) is 0 Å². The maximum atomic E-state index is 12.4. The van der Waals surface area contributed by atoms with Gasteiger partial charge in [0.25, 0.3) is 0 Å². The summed E-state index contributed by atoms with van der Waals surface area (Å²) < 4.78 is 24.7. The second-order valence-electron chi connectivity index (χ2n) is 6.10. The van der Waals surface area contributed by atoms with Gasteiger partial charge in [-0.05, 0) is 31.2 Å². The van der Waals surface area contributed by atoms with Crippen molar-refractivity contribution in [3.8, 4) is 0 Å². The van der Waals surface area contributed by atoms with Crippen molar-refractivity contribution in [3.63, 3.8) is 0 Å². The molecule has 3 rings (SSSR count). The molecule has 0 radical (unpaired) electrons. The Balaban J connectivity index is 1.61. The number of rotatable bonds is 4. The first-order valence-electron chi connectivity index (χ1n) is 8.16. The zero-order valence-electron chi connectivity index (χ0n) is 13.9. The number of hydrogen-bond donors (Lipinski definition) is 0. The topological polar surface area (TPSA) is 49.7 Å². The van der Waals surface area contributed by atoms with Crippen LogP contribution in [0.2, 0.25) is 0 Å². The van der Waals surface area contributed by atoms with Crippen LogP contribution in [0.4, 0.5) is 5.69 Å². The fourth-order valence-corrected chi connectivity index (χ4v) is 3.87. The van der Waals surface area contributed by atoms with E-state index in [-0.39, 0.29) is 5.88 Å². The number of para-hydroxylation sites is 1. The Kier molecular flexibility index (Phi) is 5.00. The quantitative estimate of drug-likeness (QED) is 0.855. The minimum absolute atomic E-state index is 0.156. The number of aryl methyl sites for hydroxylation is 1. The summed E-state index contributed by atoms with van der Waals surface area (Å²) in [6.07, 6.45) is 1.64. The van der Waals surface area contributed by atoms with Crippen molar-refractivity contribution in [3.05, 3.63) is 60.2 Å². The van der Waals surface area contributed by atoms with Crippen molar-refractivity contribution in [2.75, 3.05) is 23.9 Å². The monoisotopic (exact) mass is 342 g/mol. The summed E-state index contributed by atoms with van der Waals surface area (Å²) in [5.41, 5.74) is 3.26. The molecule has 1 saturated heterocycles. The molecule has 2 aromatic carbocycles. The molecule has 0 bridgehead atoms. The lowest BCUT2D eigenvalue weighted by Gasteiger charge is -2.29. The van der Waals surface area contributed by atoms with Gasteiger partial charge in [-0.1, -0.05) is 35.9 Å². The average molecular weight is 342 g/mol. The molecule has 0 saturated carbocycles. The molecule has 0 atom stereocenters. The van der Waals surface area contributed by atoms with Crippen LogP contribution in [0.3, 0.4) is 0 Å². The van der Waals surface area contributed by atoms with E-state index in [1.54, 1.807) is 12.1 Å². The van der Waals surface area contributed by atoms with Crippen molar-refractivity contribution in [2.24, 2.45) is 4.99 Å². The fourth-order valence-electron chi connectivity index (χ4n) is 2.82. The second kappa shape index (κ2) is 7.18. The molecule has 24 heavy (non-hydrogen) atoms. The van der Waals surface area contributed by atoms with Crippen molar-refractivity contribution in [1.29, 1.82) is 0 Å². The Hall–Kier alpha value is -2.14. The van der Waals surface area contributed by atoms with Gasteiger partial charge in [0.15, 0.2) is 9.84 Å². The summed E-state index contributed by atoms with van der Waals surface area (Å²) in [6.45, 7) is 3.71. The summed E-state index contributed by atoms with van der Waals surface area (Å²) in [4.78, 5) is 7.04. The molecule has 0 N–H and O–H groups in total. The molecular weight excluding hydrogens is 320 g/mol. The third kappa shape index (κ3) is 4.03. The predicted molar refractivity (Wildman–Crippen MR) is 98.6 cm³/mol. The molecule has 0 aromatic heterocycles. The van der Waals surface area contributed by atoms with Crippen LogP contribution in [-0.2, 0) is 9.84 Å². The van der Waals surface area contributed by atoms with Gasteiger partial charge in [0.2, 0.25) is 0 Å². The van der Waals surface area contributed by atoms with Gasteiger partial charge < -0.3 is 4.90 Å². The number of sulfone groups is 1. The van der Waals surface area contributed by atoms with E-state index in [1.165, 1.54) is 5.69 Å². The molecule has 1 heterocycles. The normalized spacial score (nSPS) is 15.4. The molecule has 1 aliphatic heterocycles. The molecule has 0 unspecified atom stereocenters.